The van der Waals surface area contributed by atoms with E-state index in [0.717, 1.165) is 42.6 Å². The van der Waals surface area contributed by atoms with Crippen LogP contribution in [-0.2, 0) is 14.4 Å². The molecule has 3 N–H and O–H groups in total. The molecule has 0 radical (unpaired) electrons. The smallest absolute Gasteiger partial charge is 0.262 e. The summed E-state index contributed by atoms with van der Waals surface area (Å²) in [5.41, 5.74) is 2.30. The third-order valence-electron chi connectivity index (χ3n) is 11.9. The van der Waals surface area contributed by atoms with E-state index < -0.39 is 35.6 Å². The van der Waals surface area contributed by atoms with Crippen molar-refractivity contribution >= 4 is 58.3 Å². The number of nitrogens with one attached hydrogen (secondary N) is 3. The second kappa shape index (κ2) is 15.0. The maximum absolute atomic E-state index is 13.7. The van der Waals surface area contributed by atoms with Crippen LogP contribution >= 0.6 is 0 Å². The summed E-state index contributed by atoms with van der Waals surface area (Å²) in [6.07, 6.45) is 7.74. The molecule has 19 nitrogen and oxygen atoms in total. The van der Waals surface area contributed by atoms with E-state index in [0.29, 0.717) is 63.2 Å². The van der Waals surface area contributed by atoms with Crippen molar-refractivity contribution in [3.8, 4) is 6.07 Å². The van der Waals surface area contributed by atoms with Crippen LogP contribution in [0.25, 0.3) is 5.65 Å². The van der Waals surface area contributed by atoms with Gasteiger partial charge < -0.3 is 25.3 Å². The highest BCUT2D eigenvalue weighted by Crippen LogP contribution is 2.35. The highest BCUT2D eigenvalue weighted by Gasteiger charge is 2.45. The highest BCUT2D eigenvalue weighted by atomic mass is 16.2. The summed E-state index contributed by atoms with van der Waals surface area (Å²) >= 11 is 0. The molecule has 3 aromatic heterocycles. The van der Waals surface area contributed by atoms with E-state index in [1.807, 2.05) is 11.0 Å². The molecule has 0 spiro atoms. The Hall–Kier alpha value is -6.68. The Kier molecular flexibility index (Phi) is 9.55. The van der Waals surface area contributed by atoms with Gasteiger partial charge in [0.25, 0.3) is 17.7 Å². The van der Waals surface area contributed by atoms with Gasteiger partial charge in [-0.05, 0) is 56.4 Å². The van der Waals surface area contributed by atoms with Crippen LogP contribution in [0.1, 0.15) is 81.3 Å². The predicted molar refractivity (Wildman–Crippen MR) is 206 cm³/mol. The Morgan fingerprint density at radius 1 is 0.879 bits per heavy atom. The molecule has 298 valence electrons. The summed E-state index contributed by atoms with van der Waals surface area (Å²) in [7, 11) is 0. The number of benzene rings is 1. The first-order chi connectivity index (χ1) is 28.2. The number of anilines is 3. The summed E-state index contributed by atoms with van der Waals surface area (Å²) < 4.78 is 3.28. The van der Waals surface area contributed by atoms with Gasteiger partial charge in [0.1, 0.15) is 23.5 Å². The lowest BCUT2D eigenvalue weighted by atomic mass is 9.85. The molecular formula is C39H41N13O6. The molecule has 19 heteroatoms. The number of nitriles is 1. The van der Waals surface area contributed by atoms with Crippen LogP contribution in [0.2, 0.25) is 0 Å². The average molecular weight is 788 g/mol. The number of nitrogens with zero attached hydrogens (tertiary/aromatic N) is 10. The summed E-state index contributed by atoms with van der Waals surface area (Å²) in [6.45, 7) is 5.39. The quantitative estimate of drug-likeness (QED) is 0.222. The Labute approximate surface area is 331 Å². The first kappa shape index (κ1) is 36.9. The minimum atomic E-state index is -1.03. The van der Waals surface area contributed by atoms with Gasteiger partial charge in [-0.2, -0.15) is 15.5 Å². The van der Waals surface area contributed by atoms with Gasteiger partial charge in [-0.3, -0.25) is 43.7 Å². The fourth-order valence-corrected chi connectivity index (χ4v) is 8.72. The molecule has 1 atom stereocenters. The number of piperazine rings is 2. The normalized spacial score (nSPS) is 22.6. The topological polar surface area (TPSA) is 223 Å². The number of hydrogen-bond donors (Lipinski definition) is 3. The molecule has 7 heterocycles. The molecule has 58 heavy (non-hydrogen) atoms. The van der Waals surface area contributed by atoms with Gasteiger partial charge >= 0.3 is 0 Å². The molecule has 0 bridgehead atoms. The molecule has 6 amide bonds. The van der Waals surface area contributed by atoms with E-state index >= 15 is 0 Å². The van der Waals surface area contributed by atoms with E-state index in [9.17, 15) is 34.0 Å². The first-order valence-corrected chi connectivity index (χ1v) is 19.7. The third kappa shape index (κ3) is 6.68. The fraction of sp³-hybridized carbons (Fsp3) is 0.436. The van der Waals surface area contributed by atoms with E-state index in [1.54, 1.807) is 39.8 Å². The van der Waals surface area contributed by atoms with E-state index in [2.05, 4.69) is 42.0 Å². The maximum Gasteiger partial charge on any atom is 0.262 e. The van der Waals surface area contributed by atoms with Crippen molar-refractivity contribution in [1.29, 1.82) is 5.26 Å². The Bertz CT molecular complexity index is 2390. The molecule has 9 rings (SSSR count). The minimum Gasteiger partial charge on any atom is -0.368 e. The van der Waals surface area contributed by atoms with E-state index in [-0.39, 0.29) is 53.1 Å². The lowest BCUT2D eigenvalue weighted by molar-refractivity contribution is -0.137. The summed E-state index contributed by atoms with van der Waals surface area (Å²) in [5.74, 6) is -1.90. The molecule has 5 aliphatic rings. The summed E-state index contributed by atoms with van der Waals surface area (Å²) in [4.78, 5) is 89.5. The standard InChI is InChI=1S/C39H41N13O6/c40-20-29-30(43-35(54)28-21-42-50-12-9-32(44-34(28)50)48-13-10-41-11-14-48)22-51(46-29)24-3-1-23(2-4-24)37(56)49-17-15-47(16-18-49)25-5-6-26-27(19-25)39(58)52(38(26)57)31-7-8-33(53)45-36(31)55/h5-6,9,12,19,21-24,31,41H,1-4,7-8,10-11,13-18H2,(H,43,54)(H,45,53,55). The number of hydrogen-bond acceptors (Lipinski definition) is 13. The van der Waals surface area contributed by atoms with Crippen molar-refractivity contribution in [1.82, 2.24) is 44.8 Å². The van der Waals surface area contributed by atoms with Crippen molar-refractivity contribution < 1.29 is 28.8 Å². The van der Waals surface area contributed by atoms with Gasteiger partial charge in [0.05, 0.1) is 35.2 Å². The van der Waals surface area contributed by atoms with E-state index in [1.165, 1.54) is 6.20 Å². The molecule has 1 saturated carbocycles. The van der Waals surface area contributed by atoms with Gasteiger partial charge in [-0.1, -0.05) is 0 Å². The van der Waals surface area contributed by atoms with Crippen LogP contribution in [0.15, 0.2) is 42.9 Å². The van der Waals surface area contributed by atoms with Gasteiger partial charge in [-0.25, -0.2) is 9.50 Å². The van der Waals surface area contributed by atoms with Gasteiger partial charge in [0, 0.05) is 76.6 Å². The van der Waals surface area contributed by atoms with Crippen LogP contribution in [0, 0.1) is 17.2 Å². The van der Waals surface area contributed by atoms with Gasteiger partial charge in [-0.15, -0.1) is 0 Å². The zero-order chi connectivity index (χ0) is 40.1. The Morgan fingerprint density at radius 2 is 1.64 bits per heavy atom. The molecular weight excluding hydrogens is 747 g/mol. The largest absolute Gasteiger partial charge is 0.368 e. The number of aromatic nitrogens is 5. The molecule has 4 fully saturated rings. The van der Waals surface area contributed by atoms with Crippen molar-refractivity contribution in [3.63, 3.8) is 0 Å². The van der Waals surface area contributed by atoms with E-state index in [4.69, 9.17) is 4.98 Å². The van der Waals surface area contributed by atoms with Crippen molar-refractivity contribution in [2.45, 2.75) is 50.6 Å². The van der Waals surface area contributed by atoms with Gasteiger partial charge in [0.2, 0.25) is 17.7 Å². The molecule has 1 unspecified atom stereocenters. The molecule has 1 aliphatic carbocycles. The first-order valence-electron chi connectivity index (χ1n) is 19.7. The predicted octanol–water partition coefficient (Wildman–Crippen LogP) is 0.941. The number of fused-ring (bicyclic) bond motifs is 2. The second-order valence-corrected chi connectivity index (χ2v) is 15.3. The number of carbonyl (C=O) groups excluding carboxylic acids is 6. The maximum atomic E-state index is 13.7. The third-order valence-corrected chi connectivity index (χ3v) is 11.9. The molecule has 3 saturated heterocycles. The SMILES string of the molecule is N#Cc1nn(C2CCC(C(=O)N3CCN(c4ccc5c(c4)C(=O)N(C4CCC(=O)NC4=O)C5=O)CC3)CC2)cc1NC(=O)c1cnn2ccc(N3CCNCC3)nc12. The highest BCUT2D eigenvalue weighted by molar-refractivity contribution is 6.23. The van der Waals surface area contributed by atoms with Crippen molar-refractivity contribution in [2.24, 2.45) is 5.92 Å². The van der Waals surface area contributed by atoms with Crippen molar-refractivity contribution in [3.05, 3.63) is 65.2 Å². The average Bonchev–Trinajstić information content (AvgIpc) is 3.94. The number of carbonyl (C=O) groups is 6. The van der Waals surface area contributed by atoms with Crippen molar-refractivity contribution in [2.75, 3.05) is 67.5 Å². The zero-order valence-corrected chi connectivity index (χ0v) is 31.6. The van der Waals surface area contributed by atoms with Crippen LogP contribution in [0.5, 0.6) is 0 Å². The van der Waals surface area contributed by atoms with Crippen LogP contribution in [-0.4, -0.2) is 128 Å². The lowest BCUT2D eigenvalue weighted by Gasteiger charge is -2.39. The number of piperidine rings is 1. The van der Waals surface area contributed by atoms with Crippen LogP contribution < -0.4 is 25.8 Å². The Morgan fingerprint density at radius 3 is 2.38 bits per heavy atom. The lowest BCUT2D eigenvalue weighted by Crippen LogP contribution is -2.54. The Balaban J connectivity index is 0.788. The van der Waals surface area contributed by atoms with Crippen LogP contribution in [0.4, 0.5) is 17.2 Å². The van der Waals surface area contributed by atoms with Gasteiger partial charge in [0.15, 0.2) is 11.3 Å². The minimum absolute atomic E-state index is 0.0424. The number of imide groups is 2. The number of amides is 6. The fourth-order valence-electron chi connectivity index (χ4n) is 8.72. The zero-order valence-electron chi connectivity index (χ0n) is 31.6. The number of rotatable bonds is 7. The monoisotopic (exact) mass is 787 g/mol. The summed E-state index contributed by atoms with van der Waals surface area (Å²) in [5, 5.41) is 27.1. The second-order valence-electron chi connectivity index (χ2n) is 15.3. The molecule has 4 aliphatic heterocycles. The summed E-state index contributed by atoms with van der Waals surface area (Å²) in [6, 6.07) is 7.96. The molecule has 1 aromatic carbocycles. The molecule has 4 aromatic rings. The van der Waals surface area contributed by atoms with Crippen LogP contribution in [0.3, 0.4) is 0 Å².